The summed E-state index contributed by atoms with van der Waals surface area (Å²) in [5, 5.41) is 7.91. The van der Waals surface area contributed by atoms with Gasteiger partial charge in [-0.2, -0.15) is 11.3 Å². The first kappa shape index (κ1) is 16.2. The minimum absolute atomic E-state index is 0.901. The molecular weight excluding hydrogens is 348 g/mol. The Morgan fingerprint density at radius 1 is 0.741 bits per heavy atom. The summed E-state index contributed by atoms with van der Waals surface area (Å²) in [5.74, 6) is 0.901. The molecule has 0 aliphatic heterocycles. The van der Waals surface area contributed by atoms with Gasteiger partial charge in [-0.3, -0.25) is 0 Å². The zero-order valence-corrected chi connectivity index (χ0v) is 16.1. The lowest BCUT2D eigenvalue weighted by Gasteiger charge is -2.06. The van der Waals surface area contributed by atoms with Crippen LogP contribution in [0, 0.1) is 13.8 Å². The van der Waals surface area contributed by atoms with Gasteiger partial charge in [0, 0.05) is 5.56 Å². The first-order chi connectivity index (χ1) is 13.2. The first-order valence-corrected chi connectivity index (χ1v) is 10.0. The summed E-state index contributed by atoms with van der Waals surface area (Å²) < 4.78 is 6.50. The number of hydrogen-bond donors (Lipinski definition) is 0. The molecule has 1 nitrogen and oxygen atoms in total. The van der Waals surface area contributed by atoms with E-state index in [0.29, 0.717) is 0 Å². The van der Waals surface area contributed by atoms with E-state index in [-0.39, 0.29) is 0 Å². The molecule has 0 unspecified atom stereocenters. The van der Waals surface area contributed by atoms with Gasteiger partial charge in [0.05, 0.1) is 22.4 Å². The predicted octanol–water partition coefficient (Wildman–Crippen LogP) is 7.88. The van der Waals surface area contributed by atoms with Crippen LogP contribution in [0.4, 0.5) is 0 Å². The molecule has 3 aromatic carbocycles. The Labute approximate surface area is 162 Å². The molecule has 0 saturated carbocycles. The van der Waals surface area contributed by atoms with E-state index < -0.39 is 0 Å². The van der Waals surface area contributed by atoms with E-state index in [1.54, 1.807) is 11.3 Å². The van der Waals surface area contributed by atoms with Gasteiger partial charge in [0.1, 0.15) is 0 Å². The summed E-state index contributed by atoms with van der Waals surface area (Å²) in [6, 6.07) is 23.6. The number of aryl methyl sites for hydroxylation is 2. The lowest BCUT2D eigenvalue weighted by molar-refractivity contribution is 0.624. The molecule has 0 amide bonds. The van der Waals surface area contributed by atoms with Gasteiger partial charge in [-0.1, -0.05) is 35.9 Å². The van der Waals surface area contributed by atoms with Crippen molar-refractivity contribution in [3.05, 3.63) is 88.6 Å². The Morgan fingerprint density at radius 2 is 1.52 bits per heavy atom. The van der Waals surface area contributed by atoms with Crippen molar-refractivity contribution >= 4 is 33.1 Å². The standard InChI is InChI=1S/C25H19OS/c1-16-7-9-18(10-8-16)24-14-22(19-11-12-27-15-19)23-13-17(2)20-5-3-4-6-21(20)25(23)26-24/h3-15H,1-2H3/q+1. The van der Waals surface area contributed by atoms with Gasteiger partial charge >= 0.3 is 11.3 Å². The molecule has 2 aromatic heterocycles. The van der Waals surface area contributed by atoms with Crippen LogP contribution in [0.15, 0.2) is 81.9 Å². The Kier molecular flexibility index (Phi) is 3.80. The molecule has 0 aliphatic rings. The Hall–Kier alpha value is -2.97. The zero-order chi connectivity index (χ0) is 18.4. The maximum Gasteiger partial charge on any atom is 0.369 e. The smallest absolute Gasteiger partial charge is 0.206 e. The topological polar surface area (TPSA) is 11.3 Å². The van der Waals surface area contributed by atoms with Crippen molar-refractivity contribution in [3.63, 3.8) is 0 Å². The first-order valence-electron chi connectivity index (χ1n) is 9.09. The normalized spacial score (nSPS) is 11.3. The van der Waals surface area contributed by atoms with E-state index in [0.717, 1.165) is 22.3 Å². The lowest BCUT2D eigenvalue weighted by Crippen LogP contribution is -1.88. The molecule has 5 rings (SSSR count). The van der Waals surface area contributed by atoms with E-state index in [1.807, 2.05) is 0 Å². The summed E-state index contributed by atoms with van der Waals surface area (Å²) in [6.45, 7) is 4.28. The molecule has 130 valence electrons. The molecule has 0 aliphatic carbocycles. The molecule has 0 radical (unpaired) electrons. The maximum absolute atomic E-state index is 6.50. The fourth-order valence-corrected chi connectivity index (χ4v) is 4.36. The van der Waals surface area contributed by atoms with Crippen molar-refractivity contribution in [2.24, 2.45) is 0 Å². The molecule has 27 heavy (non-hydrogen) atoms. The number of thiophene rings is 1. The van der Waals surface area contributed by atoms with Crippen molar-refractivity contribution in [2.45, 2.75) is 13.8 Å². The third-order valence-electron chi connectivity index (χ3n) is 5.15. The van der Waals surface area contributed by atoms with Gasteiger partial charge in [-0.15, -0.1) is 0 Å². The van der Waals surface area contributed by atoms with E-state index >= 15 is 0 Å². The van der Waals surface area contributed by atoms with Crippen molar-refractivity contribution in [3.8, 4) is 22.5 Å². The highest BCUT2D eigenvalue weighted by molar-refractivity contribution is 7.08. The third-order valence-corrected chi connectivity index (χ3v) is 5.83. The van der Waals surface area contributed by atoms with E-state index in [2.05, 4.69) is 91.3 Å². The van der Waals surface area contributed by atoms with Gasteiger partial charge in [0.25, 0.3) is 0 Å². The zero-order valence-electron chi connectivity index (χ0n) is 15.3. The van der Waals surface area contributed by atoms with Crippen molar-refractivity contribution in [1.82, 2.24) is 0 Å². The van der Waals surface area contributed by atoms with Crippen LogP contribution in [0.2, 0.25) is 0 Å². The van der Waals surface area contributed by atoms with Gasteiger partial charge in [0.15, 0.2) is 0 Å². The number of fused-ring (bicyclic) bond motifs is 3. The molecule has 0 atom stereocenters. The Morgan fingerprint density at radius 3 is 2.26 bits per heavy atom. The Balaban J connectivity index is 1.92. The van der Waals surface area contributed by atoms with Crippen LogP contribution in [-0.2, 0) is 0 Å². The molecule has 2 heterocycles. The van der Waals surface area contributed by atoms with Crippen LogP contribution in [0.3, 0.4) is 0 Å². The maximum atomic E-state index is 6.50. The Bertz CT molecular complexity index is 1270. The van der Waals surface area contributed by atoms with Crippen LogP contribution in [0.25, 0.3) is 44.2 Å². The molecule has 0 fully saturated rings. The average molecular weight is 367 g/mol. The summed E-state index contributed by atoms with van der Waals surface area (Å²) in [6.07, 6.45) is 0. The summed E-state index contributed by atoms with van der Waals surface area (Å²) in [5.41, 5.74) is 7.04. The van der Waals surface area contributed by atoms with Gasteiger partial charge in [-0.05, 0) is 71.5 Å². The molecule has 0 spiro atoms. The second-order valence-electron chi connectivity index (χ2n) is 7.02. The number of benzene rings is 3. The summed E-state index contributed by atoms with van der Waals surface area (Å²) in [7, 11) is 0. The second kappa shape index (κ2) is 6.33. The highest BCUT2D eigenvalue weighted by Crippen LogP contribution is 2.39. The van der Waals surface area contributed by atoms with Crippen LogP contribution < -0.4 is 0 Å². The van der Waals surface area contributed by atoms with E-state index in [1.165, 1.54) is 33.0 Å². The molecule has 0 bridgehead atoms. The molecule has 2 heteroatoms. The SMILES string of the molecule is Cc1ccc(-c2cc(-c3ccsc3)c3cc(C)c4ccccc4c3[o+]2)cc1. The molecule has 0 N–H and O–H groups in total. The van der Waals surface area contributed by atoms with Gasteiger partial charge in [-0.25, -0.2) is 4.42 Å². The highest BCUT2D eigenvalue weighted by Gasteiger charge is 2.23. The van der Waals surface area contributed by atoms with Gasteiger partial charge in [0.2, 0.25) is 0 Å². The average Bonchev–Trinajstić information content (AvgIpc) is 3.23. The second-order valence-corrected chi connectivity index (χ2v) is 7.80. The minimum Gasteiger partial charge on any atom is -0.206 e. The van der Waals surface area contributed by atoms with E-state index in [9.17, 15) is 0 Å². The third kappa shape index (κ3) is 2.73. The van der Waals surface area contributed by atoms with Crippen LogP contribution in [0.1, 0.15) is 11.1 Å². The van der Waals surface area contributed by atoms with Crippen molar-refractivity contribution < 1.29 is 4.42 Å². The van der Waals surface area contributed by atoms with Crippen molar-refractivity contribution in [2.75, 3.05) is 0 Å². The van der Waals surface area contributed by atoms with Crippen LogP contribution >= 0.6 is 11.3 Å². The van der Waals surface area contributed by atoms with E-state index in [4.69, 9.17) is 4.42 Å². The lowest BCUT2D eigenvalue weighted by atomic mass is 9.96. The monoisotopic (exact) mass is 367 g/mol. The number of hydrogen-bond acceptors (Lipinski definition) is 1. The fraction of sp³-hybridized carbons (Fsp3) is 0.0800. The quantitative estimate of drug-likeness (QED) is 0.228. The van der Waals surface area contributed by atoms with Crippen LogP contribution in [-0.4, -0.2) is 0 Å². The summed E-state index contributed by atoms with van der Waals surface area (Å²) >= 11 is 1.72. The number of rotatable bonds is 2. The van der Waals surface area contributed by atoms with Crippen LogP contribution in [0.5, 0.6) is 0 Å². The minimum atomic E-state index is 0.901. The molecule has 5 aromatic rings. The van der Waals surface area contributed by atoms with Gasteiger partial charge < -0.3 is 0 Å². The van der Waals surface area contributed by atoms with Crippen molar-refractivity contribution in [1.29, 1.82) is 0 Å². The molecular formula is C25H19OS+. The highest BCUT2D eigenvalue weighted by atomic mass is 32.1. The fourth-order valence-electron chi connectivity index (χ4n) is 3.70. The molecule has 0 saturated heterocycles. The predicted molar refractivity (Wildman–Crippen MR) is 116 cm³/mol. The largest absolute Gasteiger partial charge is 0.369 e. The summed E-state index contributed by atoms with van der Waals surface area (Å²) in [4.78, 5) is 0.